The number of nitrogens with zero attached hydrogens (tertiary/aromatic N) is 1. The minimum Gasteiger partial charge on any atom is -0.462 e. The molecule has 4 heteroatoms. The van der Waals surface area contributed by atoms with Crippen molar-refractivity contribution in [2.75, 3.05) is 6.61 Å². The molecule has 0 atom stereocenters. The van der Waals surface area contributed by atoms with Gasteiger partial charge in [0.25, 0.3) is 0 Å². The monoisotopic (exact) mass is 267 g/mol. The summed E-state index contributed by atoms with van der Waals surface area (Å²) in [7, 11) is 0. The molecular weight excluding hydrogens is 258 g/mol. The van der Waals surface area contributed by atoms with Gasteiger partial charge >= 0.3 is 5.97 Å². The minimum atomic E-state index is -0.275. The smallest absolute Gasteiger partial charge is 0.338 e. The van der Waals surface area contributed by atoms with Crippen molar-refractivity contribution < 1.29 is 9.53 Å². The van der Waals surface area contributed by atoms with Crippen LogP contribution in [0.5, 0.6) is 0 Å². The largest absolute Gasteiger partial charge is 0.462 e. The molecule has 0 unspecified atom stereocenters. The SMILES string of the molecule is CCOC(=O)c1ccc2c(c1)CC(Br)=N2. The van der Waals surface area contributed by atoms with Crippen molar-refractivity contribution >= 4 is 32.2 Å². The molecule has 15 heavy (non-hydrogen) atoms. The summed E-state index contributed by atoms with van der Waals surface area (Å²) in [5, 5.41) is 0. The molecule has 2 rings (SSSR count). The van der Waals surface area contributed by atoms with Gasteiger partial charge in [-0.3, -0.25) is 0 Å². The number of carbonyl (C=O) groups is 1. The first-order valence-electron chi connectivity index (χ1n) is 4.74. The molecule has 1 aliphatic heterocycles. The molecule has 0 saturated carbocycles. The number of carbonyl (C=O) groups excluding carboxylic acids is 1. The Morgan fingerprint density at radius 3 is 3.13 bits per heavy atom. The third-order valence-corrected chi connectivity index (χ3v) is 2.63. The Morgan fingerprint density at radius 1 is 1.60 bits per heavy atom. The number of esters is 1. The van der Waals surface area contributed by atoms with Crippen LogP contribution in [0.25, 0.3) is 0 Å². The summed E-state index contributed by atoms with van der Waals surface area (Å²) in [6, 6.07) is 5.42. The van der Waals surface area contributed by atoms with Gasteiger partial charge in [0, 0.05) is 6.42 Å². The van der Waals surface area contributed by atoms with Crippen molar-refractivity contribution in [2.24, 2.45) is 4.99 Å². The molecule has 0 spiro atoms. The zero-order valence-electron chi connectivity index (χ0n) is 8.29. The number of rotatable bonds is 2. The summed E-state index contributed by atoms with van der Waals surface area (Å²) in [6.07, 6.45) is 0.753. The molecule has 0 N–H and O–H groups in total. The van der Waals surface area contributed by atoms with E-state index in [4.69, 9.17) is 4.74 Å². The third kappa shape index (κ3) is 2.09. The van der Waals surface area contributed by atoms with Crippen molar-refractivity contribution in [1.82, 2.24) is 0 Å². The van der Waals surface area contributed by atoms with E-state index >= 15 is 0 Å². The van der Waals surface area contributed by atoms with Gasteiger partial charge in [0.2, 0.25) is 0 Å². The topological polar surface area (TPSA) is 38.7 Å². The van der Waals surface area contributed by atoms with Gasteiger partial charge < -0.3 is 4.74 Å². The van der Waals surface area contributed by atoms with Crippen LogP contribution in [0.4, 0.5) is 5.69 Å². The first kappa shape index (κ1) is 10.4. The van der Waals surface area contributed by atoms with Crippen LogP contribution >= 0.6 is 15.9 Å². The molecule has 0 bridgehead atoms. The number of aliphatic imine (C=N–C) groups is 1. The zero-order valence-corrected chi connectivity index (χ0v) is 9.87. The third-order valence-electron chi connectivity index (χ3n) is 2.17. The summed E-state index contributed by atoms with van der Waals surface area (Å²) in [5.41, 5.74) is 2.58. The van der Waals surface area contributed by atoms with E-state index < -0.39 is 0 Å². The summed E-state index contributed by atoms with van der Waals surface area (Å²) in [4.78, 5) is 15.7. The Hall–Kier alpha value is -1.16. The van der Waals surface area contributed by atoms with Crippen LogP contribution in [0.15, 0.2) is 23.2 Å². The lowest BCUT2D eigenvalue weighted by molar-refractivity contribution is 0.0526. The van der Waals surface area contributed by atoms with Crippen molar-refractivity contribution in [2.45, 2.75) is 13.3 Å². The Kier molecular flexibility index (Phi) is 2.86. The summed E-state index contributed by atoms with van der Waals surface area (Å²) < 4.78 is 5.83. The molecular formula is C11H10BrNO2. The van der Waals surface area contributed by atoms with E-state index in [1.165, 1.54) is 0 Å². The maximum absolute atomic E-state index is 11.5. The van der Waals surface area contributed by atoms with Crippen LogP contribution in [0.3, 0.4) is 0 Å². The van der Waals surface area contributed by atoms with E-state index in [-0.39, 0.29) is 5.97 Å². The zero-order chi connectivity index (χ0) is 10.8. The Bertz CT molecular complexity index is 440. The van der Waals surface area contributed by atoms with Crippen molar-refractivity contribution in [1.29, 1.82) is 0 Å². The molecule has 0 saturated heterocycles. The second-order valence-corrected chi connectivity index (χ2v) is 4.14. The number of fused-ring (bicyclic) bond motifs is 1. The van der Waals surface area contributed by atoms with Crippen LogP contribution < -0.4 is 0 Å². The van der Waals surface area contributed by atoms with E-state index in [1.54, 1.807) is 13.0 Å². The second kappa shape index (κ2) is 4.14. The molecule has 0 aromatic heterocycles. The van der Waals surface area contributed by atoms with Crippen LogP contribution in [-0.2, 0) is 11.2 Å². The average Bonchev–Trinajstić information content (AvgIpc) is 2.57. The standard InChI is InChI=1S/C11H10BrNO2/c1-2-15-11(14)7-3-4-9-8(5-7)6-10(12)13-9/h3-5H,2,6H2,1H3. The first-order chi connectivity index (χ1) is 7.20. The highest BCUT2D eigenvalue weighted by atomic mass is 79.9. The van der Waals surface area contributed by atoms with Gasteiger partial charge in [-0.2, -0.15) is 0 Å². The Labute approximate surface area is 96.3 Å². The van der Waals surface area contributed by atoms with E-state index in [1.807, 2.05) is 12.1 Å². The lowest BCUT2D eigenvalue weighted by Crippen LogP contribution is -2.04. The van der Waals surface area contributed by atoms with Gasteiger partial charge in [-0.1, -0.05) is 0 Å². The maximum Gasteiger partial charge on any atom is 0.338 e. The van der Waals surface area contributed by atoms with Gasteiger partial charge in [0.15, 0.2) is 0 Å². The van der Waals surface area contributed by atoms with E-state index in [2.05, 4.69) is 20.9 Å². The summed E-state index contributed by atoms with van der Waals surface area (Å²) in [6.45, 7) is 2.20. The molecule has 1 heterocycles. The lowest BCUT2D eigenvalue weighted by atomic mass is 10.1. The minimum absolute atomic E-state index is 0.275. The van der Waals surface area contributed by atoms with Crippen LogP contribution in [0, 0.1) is 0 Å². The summed E-state index contributed by atoms with van der Waals surface area (Å²) in [5.74, 6) is -0.275. The summed E-state index contributed by atoms with van der Waals surface area (Å²) >= 11 is 3.35. The fraction of sp³-hybridized carbons (Fsp3) is 0.273. The Morgan fingerprint density at radius 2 is 2.40 bits per heavy atom. The van der Waals surface area contributed by atoms with Gasteiger partial charge in [-0.15, -0.1) is 0 Å². The van der Waals surface area contributed by atoms with Gasteiger partial charge in [-0.25, -0.2) is 9.79 Å². The van der Waals surface area contributed by atoms with E-state index in [0.29, 0.717) is 12.2 Å². The predicted octanol–water partition coefficient (Wildman–Crippen LogP) is 2.84. The molecule has 78 valence electrons. The van der Waals surface area contributed by atoms with Gasteiger partial charge in [0.1, 0.15) is 0 Å². The lowest BCUT2D eigenvalue weighted by Gasteiger charge is -2.03. The normalized spacial score (nSPS) is 13.3. The highest BCUT2D eigenvalue weighted by molar-refractivity contribution is 9.18. The molecule has 0 aliphatic carbocycles. The average molecular weight is 268 g/mol. The molecule has 1 aliphatic rings. The van der Waals surface area contributed by atoms with Crippen LogP contribution in [-0.4, -0.2) is 17.2 Å². The molecule has 0 fully saturated rings. The highest BCUT2D eigenvalue weighted by Gasteiger charge is 2.15. The fourth-order valence-electron chi connectivity index (χ4n) is 1.50. The van der Waals surface area contributed by atoms with Crippen LogP contribution in [0.1, 0.15) is 22.8 Å². The number of ether oxygens (including phenoxy) is 1. The predicted molar refractivity (Wildman–Crippen MR) is 62.1 cm³/mol. The number of halogens is 1. The highest BCUT2D eigenvalue weighted by Crippen LogP contribution is 2.29. The molecule has 1 aromatic rings. The van der Waals surface area contributed by atoms with Crippen LogP contribution in [0.2, 0.25) is 0 Å². The number of benzene rings is 1. The molecule has 0 radical (unpaired) electrons. The quantitative estimate of drug-likeness (QED) is 0.773. The van der Waals surface area contributed by atoms with Gasteiger partial charge in [0.05, 0.1) is 22.5 Å². The fourth-order valence-corrected chi connectivity index (χ4v) is 2.00. The number of hydrogen-bond acceptors (Lipinski definition) is 3. The first-order valence-corrected chi connectivity index (χ1v) is 5.53. The van der Waals surface area contributed by atoms with Crippen molar-refractivity contribution in [3.8, 4) is 0 Å². The number of hydrogen-bond donors (Lipinski definition) is 0. The second-order valence-electron chi connectivity index (χ2n) is 3.23. The van der Waals surface area contributed by atoms with Gasteiger partial charge in [-0.05, 0) is 46.6 Å². The van der Waals surface area contributed by atoms with E-state index in [9.17, 15) is 4.79 Å². The molecule has 3 nitrogen and oxygen atoms in total. The maximum atomic E-state index is 11.5. The van der Waals surface area contributed by atoms with Crippen molar-refractivity contribution in [3.63, 3.8) is 0 Å². The van der Waals surface area contributed by atoms with Crippen molar-refractivity contribution in [3.05, 3.63) is 29.3 Å². The molecule has 1 aromatic carbocycles. The molecule has 0 amide bonds. The Balaban J connectivity index is 2.26. The van der Waals surface area contributed by atoms with E-state index in [0.717, 1.165) is 22.3 Å².